The Morgan fingerprint density at radius 3 is 1.75 bits per heavy atom. The van der Waals surface area contributed by atoms with Crippen LogP contribution in [0.4, 0.5) is 0 Å². The maximum atomic E-state index is 6.81. The second kappa shape index (κ2) is 45.3. The molecule has 2 atom stereocenters. The second-order valence-corrected chi connectivity index (χ2v) is 23.2. The summed E-state index contributed by atoms with van der Waals surface area (Å²) in [5, 5.41) is 0.524. The lowest BCUT2D eigenvalue weighted by atomic mass is 10.1. The molecule has 7 heteroatoms. The molecular formula is C50H97NO3S2Si. The first-order valence-corrected chi connectivity index (χ1v) is 29.7. The topological polar surface area (TPSA) is 30.9 Å². The molecule has 2 unspecified atom stereocenters. The van der Waals surface area contributed by atoms with Crippen LogP contribution in [0.1, 0.15) is 220 Å². The number of hydrogen-bond acceptors (Lipinski definition) is 6. The summed E-state index contributed by atoms with van der Waals surface area (Å²) in [6.07, 6.45) is 54.6. The van der Waals surface area contributed by atoms with Gasteiger partial charge < -0.3 is 13.6 Å². The van der Waals surface area contributed by atoms with Crippen LogP contribution < -0.4 is 0 Å². The van der Waals surface area contributed by atoms with Crippen molar-refractivity contribution in [2.75, 3.05) is 39.1 Å². The molecule has 0 radical (unpaired) electrons. The molecule has 0 aliphatic rings. The van der Waals surface area contributed by atoms with Gasteiger partial charge in [0.15, 0.2) is 0 Å². The Balaban J connectivity index is 4.96. The van der Waals surface area contributed by atoms with E-state index in [0.717, 1.165) is 52.0 Å². The first-order chi connectivity index (χ1) is 27.9. The number of unbranched alkanes of at least 4 members (excludes halogenated alkanes) is 23. The smallest absolute Gasteiger partial charge is 0.333 e. The Bertz CT molecular complexity index is 910. The van der Waals surface area contributed by atoms with Gasteiger partial charge in [0.1, 0.15) is 6.29 Å². The highest BCUT2D eigenvalue weighted by molar-refractivity contribution is 8.76. The van der Waals surface area contributed by atoms with E-state index in [2.05, 4.69) is 97.6 Å². The third-order valence-corrected chi connectivity index (χ3v) is 15.4. The van der Waals surface area contributed by atoms with Crippen molar-refractivity contribution in [1.29, 1.82) is 0 Å². The van der Waals surface area contributed by atoms with Gasteiger partial charge in [-0.15, -0.1) is 6.42 Å². The molecule has 0 saturated carbocycles. The fourth-order valence-corrected chi connectivity index (χ4v) is 11.2. The molecule has 4 nitrogen and oxygen atoms in total. The minimum absolute atomic E-state index is 0.165. The predicted octanol–water partition coefficient (Wildman–Crippen LogP) is 16.6. The van der Waals surface area contributed by atoms with Crippen molar-refractivity contribution in [3.05, 3.63) is 24.3 Å². The van der Waals surface area contributed by atoms with E-state index in [1.54, 1.807) is 0 Å². The van der Waals surface area contributed by atoms with Gasteiger partial charge in [-0.2, -0.15) is 0 Å². The molecule has 0 heterocycles. The van der Waals surface area contributed by atoms with Gasteiger partial charge in [-0.1, -0.05) is 201 Å². The van der Waals surface area contributed by atoms with E-state index in [9.17, 15) is 0 Å². The highest BCUT2D eigenvalue weighted by atomic mass is 33.1. The zero-order valence-electron chi connectivity index (χ0n) is 39.0. The summed E-state index contributed by atoms with van der Waals surface area (Å²) < 4.78 is 20.1. The first-order valence-electron chi connectivity index (χ1n) is 24.5. The first kappa shape index (κ1) is 56.8. The van der Waals surface area contributed by atoms with Gasteiger partial charge in [-0.3, -0.25) is 4.90 Å². The highest BCUT2D eigenvalue weighted by Gasteiger charge is 2.29. The Morgan fingerprint density at radius 1 is 0.614 bits per heavy atom. The minimum atomic E-state index is -2.32. The summed E-state index contributed by atoms with van der Waals surface area (Å²) in [6.45, 7) is 14.7. The monoisotopic (exact) mass is 852 g/mol. The Kier molecular flexibility index (Phi) is 45.2. The third kappa shape index (κ3) is 43.7. The van der Waals surface area contributed by atoms with E-state index >= 15 is 0 Å². The van der Waals surface area contributed by atoms with Gasteiger partial charge in [0.05, 0.1) is 13.2 Å². The van der Waals surface area contributed by atoms with Gasteiger partial charge in [0.2, 0.25) is 0 Å². The van der Waals surface area contributed by atoms with Crippen LogP contribution in [-0.2, 0) is 13.6 Å². The fourth-order valence-electron chi connectivity index (χ4n) is 7.00. The average Bonchev–Trinajstić information content (AvgIpc) is 3.19. The zero-order valence-corrected chi connectivity index (χ0v) is 41.6. The van der Waals surface area contributed by atoms with E-state index in [-0.39, 0.29) is 6.29 Å². The summed E-state index contributed by atoms with van der Waals surface area (Å²) in [7, 11) is 3.97. The van der Waals surface area contributed by atoms with E-state index in [1.807, 2.05) is 0 Å². The van der Waals surface area contributed by atoms with Crippen molar-refractivity contribution in [3.8, 4) is 12.3 Å². The fraction of sp³-hybridized carbons (Fsp3) is 0.880. The quantitative estimate of drug-likeness (QED) is 0.0151. The summed E-state index contributed by atoms with van der Waals surface area (Å²) >= 11 is 0. The number of hydrogen-bond donors (Lipinski definition) is 0. The summed E-state index contributed by atoms with van der Waals surface area (Å²) in [5.74, 6) is 3.99. The predicted molar refractivity (Wildman–Crippen MR) is 263 cm³/mol. The molecule has 0 saturated heterocycles. The Hall–Kier alpha value is -0.203. The molecule has 57 heavy (non-hydrogen) atoms. The Labute approximate surface area is 367 Å². The molecule has 0 aromatic heterocycles. The SMILES string of the molecule is C#CCN(C)CCCCCCO[Si](C)(C)OC(CCCCCCC/C=C\C/C=C\CCCCC)OCC(CCCCCCCC)SSCCCCCCCCCC. The number of rotatable bonds is 46. The number of terminal acetylenes is 1. The average molecular weight is 853 g/mol. The van der Waals surface area contributed by atoms with Crippen molar-refractivity contribution in [2.45, 2.75) is 244 Å². The van der Waals surface area contributed by atoms with Crippen molar-refractivity contribution < 1.29 is 13.6 Å². The van der Waals surface area contributed by atoms with Crippen LogP contribution in [0.25, 0.3) is 0 Å². The van der Waals surface area contributed by atoms with Crippen LogP contribution in [0.5, 0.6) is 0 Å². The third-order valence-electron chi connectivity index (χ3n) is 10.7. The highest BCUT2D eigenvalue weighted by Crippen LogP contribution is 2.32. The molecule has 0 spiro atoms. The number of ether oxygens (including phenoxy) is 1. The molecule has 0 N–H and O–H groups in total. The summed E-state index contributed by atoms with van der Waals surface area (Å²) in [5.41, 5.74) is 0. The molecule has 0 bridgehead atoms. The normalized spacial score (nSPS) is 13.4. The maximum Gasteiger partial charge on any atom is 0.333 e. The van der Waals surface area contributed by atoms with Crippen LogP contribution in [-0.4, -0.2) is 64.1 Å². The lowest BCUT2D eigenvalue weighted by Crippen LogP contribution is -2.41. The van der Waals surface area contributed by atoms with E-state index in [1.165, 1.54) is 179 Å². The standard InChI is InChI=1S/C50H97NO3S2Si/c1-8-12-15-18-21-23-24-25-26-27-28-29-30-33-38-43-50(54-57(6,7)53-46-40-35-34-39-45-51(5)44-11-4)52-48-49(42-37-32-20-17-14-10-3)56-55-47-41-36-31-22-19-16-13-9-2/h4,21,23,25-26,49-50H,8-10,12-20,22,24,27-48H2,1-3,5-7H3/b23-21-,26-25-. The van der Waals surface area contributed by atoms with E-state index in [0.29, 0.717) is 5.25 Å². The zero-order chi connectivity index (χ0) is 41.8. The van der Waals surface area contributed by atoms with Crippen LogP contribution in [0, 0.1) is 12.3 Å². The van der Waals surface area contributed by atoms with Crippen molar-refractivity contribution >= 4 is 30.1 Å². The molecule has 0 rings (SSSR count). The van der Waals surface area contributed by atoms with Crippen LogP contribution in [0.2, 0.25) is 13.1 Å². The van der Waals surface area contributed by atoms with Crippen molar-refractivity contribution in [1.82, 2.24) is 4.90 Å². The van der Waals surface area contributed by atoms with Gasteiger partial charge in [-0.25, -0.2) is 0 Å². The molecule has 0 fully saturated rings. The number of nitrogens with zero attached hydrogens (tertiary/aromatic N) is 1. The summed E-state index contributed by atoms with van der Waals surface area (Å²) in [6, 6.07) is 0. The van der Waals surface area contributed by atoms with Gasteiger partial charge in [0.25, 0.3) is 0 Å². The van der Waals surface area contributed by atoms with Crippen LogP contribution in [0.15, 0.2) is 24.3 Å². The minimum Gasteiger partial charge on any atom is -0.394 e. The summed E-state index contributed by atoms with van der Waals surface area (Å²) in [4.78, 5) is 2.22. The molecule has 0 aromatic rings. The van der Waals surface area contributed by atoms with Gasteiger partial charge >= 0.3 is 8.56 Å². The second-order valence-electron chi connectivity index (χ2n) is 17.1. The largest absolute Gasteiger partial charge is 0.394 e. The molecule has 0 aliphatic heterocycles. The molecule has 336 valence electrons. The van der Waals surface area contributed by atoms with Crippen LogP contribution >= 0.6 is 21.6 Å². The molecular weight excluding hydrogens is 755 g/mol. The van der Waals surface area contributed by atoms with Gasteiger partial charge in [0, 0.05) is 17.6 Å². The molecule has 0 aromatic carbocycles. The Morgan fingerprint density at radius 2 is 1.12 bits per heavy atom. The van der Waals surface area contributed by atoms with Crippen molar-refractivity contribution in [3.63, 3.8) is 0 Å². The number of allylic oxidation sites excluding steroid dienone is 4. The lowest BCUT2D eigenvalue weighted by molar-refractivity contribution is -0.103. The van der Waals surface area contributed by atoms with E-state index in [4.69, 9.17) is 20.0 Å². The van der Waals surface area contributed by atoms with E-state index < -0.39 is 8.56 Å². The lowest BCUT2D eigenvalue weighted by Gasteiger charge is -2.30. The van der Waals surface area contributed by atoms with Crippen LogP contribution in [0.3, 0.4) is 0 Å². The molecule has 0 amide bonds. The van der Waals surface area contributed by atoms with Crippen molar-refractivity contribution in [2.24, 2.45) is 0 Å². The van der Waals surface area contributed by atoms with Gasteiger partial charge in [-0.05, 0) is 97.3 Å². The maximum absolute atomic E-state index is 6.81. The molecule has 0 aliphatic carbocycles.